The molecule has 50 valence electrons. The van der Waals surface area contributed by atoms with E-state index in [1.807, 2.05) is 26.0 Å². The quantitative estimate of drug-likeness (QED) is 0.404. The van der Waals surface area contributed by atoms with Crippen molar-refractivity contribution in [3.8, 4) is 0 Å². The molecule has 0 saturated heterocycles. The third kappa shape index (κ3) is 978. The van der Waals surface area contributed by atoms with E-state index in [-0.39, 0.29) is 0 Å². The summed E-state index contributed by atoms with van der Waals surface area (Å²) in [6.45, 7) is 0. The maximum absolute atomic E-state index is 7.60. The summed E-state index contributed by atoms with van der Waals surface area (Å²) in [5, 5.41) is 0. The van der Waals surface area contributed by atoms with Gasteiger partial charge in [-0.2, -0.15) is 0 Å². The molecule has 2 N–H and O–H groups in total. The van der Waals surface area contributed by atoms with Gasteiger partial charge in [-0.05, 0) is 27.3 Å². The maximum Gasteiger partial charge on any atom is 0.466 e. The second-order valence-corrected chi connectivity index (χ2v) is 2.59. The summed E-state index contributed by atoms with van der Waals surface area (Å²) in [5.41, 5.74) is 0. The fourth-order valence-electron chi connectivity index (χ4n) is 0. The molecule has 3 nitrogen and oxygen atoms in total. The van der Waals surface area contributed by atoms with Crippen LogP contribution in [0.2, 0.25) is 0 Å². The van der Waals surface area contributed by atoms with E-state index < -0.39 is 8.90 Å². The minimum atomic E-state index is -2.13. The molecule has 0 radical (unpaired) electrons. The van der Waals surface area contributed by atoms with E-state index in [1.54, 1.807) is 0 Å². The highest BCUT2D eigenvalue weighted by atomic mass is 28.3. The van der Waals surface area contributed by atoms with Gasteiger partial charge in [0.1, 0.15) is 0 Å². The first-order valence-corrected chi connectivity index (χ1v) is 3.74. The van der Waals surface area contributed by atoms with Gasteiger partial charge < -0.3 is 14.5 Å². The first kappa shape index (κ1) is 10.6. The van der Waals surface area contributed by atoms with E-state index in [0.29, 0.717) is 0 Å². The van der Waals surface area contributed by atoms with Crippen molar-refractivity contribution in [2.24, 2.45) is 0 Å². The molecule has 0 bridgehead atoms. The molecule has 8 heavy (non-hydrogen) atoms. The fraction of sp³-hybridized carbons (Fsp3) is 0.750. The van der Waals surface area contributed by atoms with Crippen LogP contribution >= 0.6 is 0 Å². The van der Waals surface area contributed by atoms with Gasteiger partial charge in [0, 0.05) is 0 Å². The molecule has 0 aliphatic carbocycles. The van der Waals surface area contributed by atoms with E-state index in [9.17, 15) is 0 Å². The molecule has 0 aromatic rings. The Balaban J connectivity index is 0. The van der Waals surface area contributed by atoms with Gasteiger partial charge in [-0.15, -0.1) is 0 Å². The first-order valence-electron chi connectivity index (χ1n) is 2.14. The molecule has 0 saturated carbocycles. The Morgan fingerprint density at radius 1 is 1.25 bits per heavy atom. The number of nitrogens with zero attached hydrogens (tertiary/aromatic N) is 1. The third-order valence-corrected chi connectivity index (χ3v) is 0. The average molecular weight is 135 g/mol. The van der Waals surface area contributed by atoms with Crippen molar-refractivity contribution in [2.45, 2.75) is 0 Å². The Bertz CT molecular complexity index is 58.3. The molecule has 4 heteroatoms. The highest BCUT2D eigenvalue weighted by Gasteiger charge is 1.67. The average Bonchev–Trinajstić information content (AvgIpc) is 1.25. The Labute approximate surface area is 51.7 Å². The molecule has 0 aromatic carbocycles. The van der Waals surface area contributed by atoms with Gasteiger partial charge in [0.2, 0.25) is 0 Å². The van der Waals surface area contributed by atoms with Crippen LogP contribution < -0.4 is 0 Å². The maximum atomic E-state index is 7.60. The van der Waals surface area contributed by atoms with Crippen molar-refractivity contribution in [1.29, 1.82) is 0 Å². The van der Waals surface area contributed by atoms with Crippen LogP contribution in [0.15, 0.2) is 0 Å². The standard InChI is InChI=1S/C3H9N.CH4O2Si/c2*1-4(2)3/h1-3H3;2-3H,1H2. The third-order valence-electron chi connectivity index (χ3n) is 0. The lowest BCUT2D eigenvalue weighted by Gasteiger charge is -1.90. The van der Waals surface area contributed by atoms with Crippen LogP contribution in [-0.2, 0) is 0 Å². The Morgan fingerprint density at radius 2 is 1.25 bits per heavy atom. The Morgan fingerprint density at radius 3 is 1.25 bits per heavy atom. The minimum absolute atomic E-state index is 2.00. The van der Waals surface area contributed by atoms with Crippen LogP contribution in [0.4, 0.5) is 0 Å². The van der Waals surface area contributed by atoms with Crippen molar-refractivity contribution < 1.29 is 9.59 Å². The monoisotopic (exact) mass is 135 g/mol. The van der Waals surface area contributed by atoms with Gasteiger partial charge in [0.05, 0.1) is 0 Å². The largest absolute Gasteiger partial charge is 0.539 e. The highest BCUT2D eigenvalue weighted by Crippen LogP contribution is 1.47. The van der Waals surface area contributed by atoms with E-state index in [0.717, 1.165) is 0 Å². The van der Waals surface area contributed by atoms with Crippen molar-refractivity contribution in [1.82, 2.24) is 4.90 Å². The van der Waals surface area contributed by atoms with Crippen LogP contribution in [0, 0.1) is 0 Å². The van der Waals surface area contributed by atoms with Crippen molar-refractivity contribution >= 4 is 15.1 Å². The van der Waals surface area contributed by atoms with Crippen molar-refractivity contribution in [3.63, 3.8) is 0 Å². The minimum Gasteiger partial charge on any atom is -0.539 e. The predicted octanol–water partition coefficient (Wildman–Crippen LogP) is -1.35. The van der Waals surface area contributed by atoms with Gasteiger partial charge in [0.15, 0.2) is 0 Å². The summed E-state index contributed by atoms with van der Waals surface area (Å²) in [6, 6.07) is 0. The molecule has 0 atom stereocenters. The predicted molar refractivity (Wildman–Crippen MR) is 36.9 cm³/mol. The Hall–Kier alpha value is -0.353. The highest BCUT2D eigenvalue weighted by molar-refractivity contribution is 6.45. The smallest absolute Gasteiger partial charge is 0.466 e. The van der Waals surface area contributed by atoms with Gasteiger partial charge in [-0.3, -0.25) is 0 Å². The number of hydrogen-bond donors (Lipinski definition) is 2. The second-order valence-electron chi connectivity index (χ2n) is 1.76. The van der Waals surface area contributed by atoms with Crippen LogP contribution in [0.1, 0.15) is 0 Å². The molecule has 0 spiro atoms. The zero-order valence-electron chi connectivity index (χ0n) is 5.55. The molecule has 0 unspecified atom stereocenters. The summed E-state index contributed by atoms with van der Waals surface area (Å²) >= 11 is 0. The zero-order chi connectivity index (χ0) is 7.15. The summed E-state index contributed by atoms with van der Waals surface area (Å²) < 4.78 is 0. The van der Waals surface area contributed by atoms with Crippen LogP contribution in [-0.4, -0.2) is 50.7 Å². The zero-order valence-corrected chi connectivity index (χ0v) is 6.55. The molecule has 0 rings (SSSR count). The summed E-state index contributed by atoms with van der Waals surface area (Å²) in [4.78, 5) is 17.2. The van der Waals surface area contributed by atoms with E-state index >= 15 is 0 Å². The lowest BCUT2D eigenvalue weighted by atomic mass is 11.0. The topological polar surface area (TPSA) is 43.7 Å². The molecule has 0 aliphatic heterocycles. The number of hydrogen-bond acceptors (Lipinski definition) is 3. The molecular formula is C4H13NO2Si. The SMILES string of the molecule is C=[Si](O)O.CN(C)C. The molecule has 0 fully saturated rings. The van der Waals surface area contributed by atoms with Crippen molar-refractivity contribution in [2.75, 3.05) is 21.1 Å². The summed E-state index contributed by atoms with van der Waals surface area (Å²) in [7, 11) is 3.87. The number of rotatable bonds is 0. The van der Waals surface area contributed by atoms with E-state index in [2.05, 4.69) is 6.17 Å². The lowest BCUT2D eigenvalue weighted by molar-refractivity contribution is 0.441. The lowest BCUT2D eigenvalue weighted by Crippen LogP contribution is -1.99. The molecule has 0 amide bonds. The van der Waals surface area contributed by atoms with Crippen LogP contribution in [0.3, 0.4) is 0 Å². The normalized spacial score (nSPS) is 7.50. The van der Waals surface area contributed by atoms with E-state index in [4.69, 9.17) is 9.59 Å². The van der Waals surface area contributed by atoms with Crippen LogP contribution in [0.5, 0.6) is 0 Å². The molecular weight excluding hydrogens is 122 g/mol. The summed E-state index contributed by atoms with van der Waals surface area (Å²) in [6.07, 6.45) is 2.85. The van der Waals surface area contributed by atoms with Gasteiger partial charge in [0.25, 0.3) is 0 Å². The molecule has 0 heterocycles. The van der Waals surface area contributed by atoms with Crippen LogP contribution in [0.25, 0.3) is 0 Å². The second kappa shape index (κ2) is 6.65. The molecule has 0 aliphatic rings. The fourth-order valence-corrected chi connectivity index (χ4v) is 0. The summed E-state index contributed by atoms with van der Waals surface area (Å²) in [5.74, 6) is 0. The van der Waals surface area contributed by atoms with E-state index in [1.165, 1.54) is 0 Å². The Kier molecular flexibility index (Phi) is 8.80. The van der Waals surface area contributed by atoms with Gasteiger partial charge in [-0.25, -0.2) is 0 Å². The first-order chi connectivity index (χ1) is 3.46. The van der Waals surface area contributed by atoms with Gasteiger partial charge in [-0.1, -0.05) is 0 Å². The molecule has 0 aromatic heterocycles. The van der Waals surface area contributed by atoms with Gasteiger partial charge >= 0.3 is 8.90 Å². The van der Waals surface area contributed by atoms with Crippen molar-refractivity contribution in [3.05, 3.63) is 0 Å².